The second-order valence-corrected chi connectivity index (χ2v) is 4.74. The first-order chi connectivity index (χ1) is 7.09. The van der Waals surface area contributed by atoms with Crippen LogP contribution in [-0.2, 0) is 0 Å². The molecule has 0 bridgehead atoms. The number of halogens is 1. The fraction of sp³-hybridized carbons (Fsp3) is 0.200. The number of nitrogens with zero attached hydrogens (tertiary/aromatic N) is 2. The highest BCUT2D eigenvalue weighted by Gasteiger charge is 2.13. The fourth-order valence-electron chi connectivity index (χ4n) is 1.26. The highest BCUT2D eigenvalue weighted by molar-refractivity contribution is 7.21. The number of pyridine rings is 1. The fourth-order valence-corrected chi connectivity index (χ4v) is 2.60. The third-order valence-corrected chi connectivity index (χ3v) is 3.55. The number of fused-ring (bicyclic) bond motifs is 1. The van der Waals surface area contributed by atoms with Gasteiger partial charge in [-0.25, -0.2) is 4.98 Å². The van der Waals surface area contributed by atoms with Gasteiger partial charge in [0.2, 0.25) is 0 Å². The number of thiophene rings is 1. The van der Waals surface area contributed by atoms with Gasteiger partial charge in [-0.05, 0) is 17.5 Å². The zero-order chi connectivity index (χ0) is 11.0. The summed E-state index contributed by atoms with van der Waals surface area (Å²) >= 11 is 7.30. The third-order valence-electron chi connectivity index (χ3n) is 2.01. The maximum Gasteiger partial charge on any atom is 0.263 e. The molecule has 5 heteroatoms. The van der Waals surface area contributed by atoms with Gasteiger partial charge in [-0.1, -0.05) is 11.6 Å². The molecule has 1 amide bonds. The van der Waals surface area contributed by atoms with Crippen LogP contribution >= 0.6 is 22.9 Å². The lowest BCUT2D eigenvalue weighted by Gasteiger charge is -2.06. The Morgan fingerprint density at radius 2 is 2.27 bits per heavy atom. The molecule has 0 aliphatic heterocycles. The molecule has 2 rings (SSSR count). The first-order valence-electron chi connectivity index (χ1n) is 4.35. The van der Waals surface area contributed by atoms with Crippen LogP contribution in [0.15, 0.2) is 18.3 Å². The number of hydrogen-bond donors (Lipinski definition) is 0. The molecule has 0 N–H and O–H groups in total. The summed E-state index contributed by atoms with van der Waals surface area (Å²) in [5.41, 5.74) is 0. The van der Waals surface area contributed by atoms with Crippen LogP contribution in [0, 0.1) is 0 Å². The van der Waals surface area contributed by atoms with Crippen molar-refractivity contribution in [3.63, 3.8) is 0 Å². The monoisotopic (exact) mass is 240 g/mol. The summed E-state index contributed by atoms with van der Waals surface area (Å²) in [5.74, 6) is -0.00716. The number of hydrogen-bond acceptors (Lipinski definition) is 3. The third kappa shape index (κ3) is 1.82. The van der Waals surface area contributed by atoms with Gasteiger partial charge in [0.1, 0.15) is 5.15 Å². The van der Waals surface area contributed by atoms with Crippen LogP contribution in [0.5, 0.6) is 0 Å². The molecule has 0 aliphatic carbocycles. The molecule has 0 aromatic carbocycles. The van der Waals surface area contributed by atoms with Crippen LogP contribution in [0.4, 0.5) is 0 Å². The zero-order valence-corrected chi connectivity index (χ0v) is 9.89. The summed E-state index contributed by atoms with van der Waals surface area (Å²) < 4.78 is 0.865. The number of carbonyl (C=O) groups is 1. The summed E-state index contributed by atoms with van der Waals surface area (Å²) in [5, 5.41) is 1.42. The number of amides is 1. The van der Waals surface area contributed by atoms with Crippen LogP contribution in [0.2, 0.25) is 5.15 Å². The van der Waals surface area contributed by atoms with E-state index in [-0.39, 0.29) is 5.91 Å². The number of aromatic nitrogens is 1. The number of carbonyl (C=O) groups excluding carboxylic acids is 1. The largest absolute Gasteiger partial charge is 0.344 e. The van der Waals surface area contributed by atoms with Crippen LogP contribution in [0.25, 0.3) is 10.1 Å². The lowest BCUT2D eigenvalue weighted by Crippen LogP contribution is -2.20. The summed E-state index contributed by atoms with van der Waals surface area (Å²) in [6.07, 6.45) is 1.64. The average Bonchev–Trinajstić information content (AvgIpc) is 2.61. The van der Waals surface area contributed by atoms with Gasteiger partial charge >= 0.3 is 0 Å². The molecular formula is C10H9ClN2OS. The molecule has 0 atom stereocenters. The molecule has 15 heavy (non-hydrogen) atoms. The molecule has 78 valence electrons. The van der Waals surface area contributed by atoms with Gasteiger partial charge in [-0.3, -0.25) is 4.79 Å². The van der Waals surface area contributed by atoms with Crippen LogP contribution in [-0.4, -0.2) is 29.9 Å². The van der Waals surface area contributed by atoms with E-state index in [4.69, 9.17) is 11.6 Å². The van der Waals surface area contributed by atoms with E-state index in [0.29, 0.717) is 10.0 Å². The second kappa shape index (κ2) is 3.79. The number of rotatable bonds is 1. The van der Waals surface area contributed by atoms with Crippen molar-refractivity contribution in [2.75, 3.05) is 14.1 Å². The minimum atomic E-state index is -0.00716. The summed E-state index contributed by atoms with van der Waals surface area (Å²) in [7, 11) is 3.46. The van der Waals surface area contributed by atoms with Crippen LogP contribution in [0.1, 0.15) is 9.67 Å². The maximum atomic E-state index is 11.7. The van der Waals surface area contributed by atoms with Crippen molar-refractivity contribution in [1.29, 1.82) is 0 Å². The van der Waals surface area contributed by atoms with E-state index < -0.39 is 0 Å². The predicted octanol–water partition coefficient (Wildman–Crippen LogP) is 2.65. The molecule has 0 radical (unpaired) electrons. The molecule has 0 saturated carbocycles. The average molecular weight is 241 g/mol. The van der Waals surface area contributed by atoms with Gasteiger partial charge < -0.3 is 4.90 Å². The minimum absolute atomic E-state index is 0.00716. The predicted molar refractivity (Wildman–Crippen MR) is 62.6 cm³/mol. The highest BCUT2D eigenvalue weighted by atomic mass is 35.5. The summed E-state index contributed by atoms with van der Waals surface area (Å²) in [6.45, 7) is 0. The van der Waals surface area contributed by atoms with Gasteiger partial charge in [0.15, 0.2) is 0 Å². The van der Waals surface area contributed by atoms with E-state index in [1.165, 1.54) is 11.3 Å². The van der Waals surface area contributed by atoms with Crippen molar-refractivity contribution >= 4 is 38.9 Å². The topological polar surface area (TPSA) is 33.2 Å². The lowest BCUT2D eigenvalue weighted by molar-refractivity contribution is 0.0832. The standard InChI is InChI=1S/C10H9ClN2OS/c1-13(2)10(14)7-5-6-3-4-12-9(11)8(6)15-7/h3-5H,1-2H3. The summed E-state index contributed by atoms with van der Waals surface area (Å²) in [4.78, 5) is 17.9. The van der Waals surface area contributed by atoms with Crippen LogP contribution < -0.4 is 0 Å². The van der Waals surface area contributed by atoms with Gasteiger partial charge in [0.25, 0.3) is 5.91 Å². The van der Waals surface area contributed by atoms with Crippen molar-refractivity contribution < 1.29 is 4.79 Å². The first-order valence-corrected chi connectivity index (χ1v) is 5.55. The van der Waals surface area contributed by atoms with Crippen molar-refractivity contribution in [1.82, 2.24) is 9.88 Å². The lowest BCUT2D eigenvalue weighted by atomic mass is 10.3. The van der Waals surface area contributed by atoms with E-state index in [2.05, 4.69) is 4.98 Å². The van der Waals surface area contributed by atoms with E-state index in [1.54, 1.807) is 25.2 Å². The van der Waals surface area contributed by atoms with Gasteiger partial charge in [-0.15, -0.1) is 11.3 Å². The van der Waals surface area contributed by atoms with E-state index >= 15 is 0 Å². The van der Waals surface area contributed by atoms with Gasteiger partial charge in [0, 0.05) is 20.3 Å². The molecule has 0 saturated heterocycles. The van der Waals surface area contributed by atoms with Crippen molar-refractivity contribution in [2.24, 2.45) is 0 Å². The normalized spacial score (nSPS) is 10.6. The minimum Gasteiger partial charge on any atom is -0.344 e. The van der Waals surface area contributed by atoms with Crippen LogP contribution in [0.3, 0.4) is 0 Å². The Hall–Kier alpha value is -1.13. The maximum absolute atomic E-state index is 11.7. The zero-order valence-electron chi connectivity index (χ0n) is 8.32. The molecule has 2 aromatic rings. The summed E-state index contributed by atoms with van der Waals surface area (Å²) in [6, 6.07) is 3.69. The molecular weight excluding hydrogens is 232 g/mol. The Morgan fingerprint density at radius 1 is 1.53 bits per heavy atom. The Bertz CT molecular complexity index is 521. The Labute approximate surface area is 96.3 Å². The van der Waals surface area contributed by atoms with E-state index in [1.807, 2.05) is 12.1 Å². The quantitative estimate of drug-likeness (QED) is 0.718. The molecule has 3 nitrogen and oxygen atoms in total. The highest BCUT2D eigenvalue weighted by Crippen LogP contribution is 2.30. The van der Waals surface area contributed by atoms with Crippen molar-refractivity contribution in [3.8, 4) is 0 Å². The molecule has 2 aromatic heterocycles. The van der Waals surface area contributed by atoms with Crippen molar-refractivity contribution in [3.05, 3.63) is 28.4 Å². The SMILES string of the molecule is CN(C)C(=O)c1cc2ccnc(Cl)c2s1. The molecule has 0 fully saturated rings. The van der Waals surface area contributed by atoms with Gasteiger partial charge in [-0.2, -0.15) is 0 Å². The van der Waals surface area contributed by atoms with Crippen molar-refractivity contribution in [2.45, 2.75) is 0 Å². The molecule has 0 aliphatic rings. The van der Waals surface area contributed by atoms with E-state index in [9.17, 15) is 4.79 Å². The Balaban J connectivity index is 2.57. The smallest absolute Gasteiger partial charge is 0.263 e. The second-order valence-electron chi connectivity index (χ2n) is 3.33. The first kappa shape index (κ1) is 10.4. The Kier molecular flexibility index (Phi) is 2.63. The molecule has 2 heterocycles. The molecule has 0 unspecified atom stereocenters. The van der Waals surface area contributed by atoms with Gasteiger partial charge in [0.05, 0.1) is 9.58 Å². The van der Waals surface area contributed by atoms with E-state index in [0.717, 1.165) is 10.1 Å². The Morgan fingerprint density at radius 3 is 2.87 bits per heavy atom. The molecule has 0 spiro atoms.